The monoisotopic (exact) mass is 461 g/mol. The Morgan fingerprint density at radius 1 is 1.03 bits per heavy atom. The van der Waals surface area contributed by atoms with Crippen LogP contribution in [0, 0.1) is 5.82 Å². The van der Waals surface area contributed by atoms with Crippen molar-refractivity contribution in [2.75, 3.05) is 16.0 Å². The number of rotatable bonds is 4. The van der Waals surface area contributed by atoms with Crippen LogP contribution in [0.5, 0.6) is 11.5 Å². The van der Waals surface area contributed by atoms with Crippen molar-refractivity contribution < 1.29 is 31.9 Å². The van der Waals surface area contributed by atoms with Gasteiger partial charge in [0.2, 0.25) is 0 Å². The van der Waals surface area contributed by atoms with E-state index in [1.165, 1.54) is 30.5 Å². The Morgan fingerprint density at radius 3 is 2.52 bits per heavy atom. The van der Waals surface area contributed by atoms with Crippen LogP contribution in [0.4, 0.5) is 44.3 Å². The molecule has 1 aliphatic heterocycles. The number of anilines is 3. The second kappa shape index (κ2) is 8.65. The molecule has 2 heterocycles. The molecule has 0 unspecified atom stereocenters. The van der Waals surface area contributed by atoms with E-state index in [-0.39, 0.29) is 29.4 Å². The van der Waals surface area contributed by atoms with Crippen LogP contribution in [-0.4, -0.2) is 17.0 Å². The Kier molecular flexibility index (Phi) is 5.73. The van der Waals surface area contributed by atoms with Crippen LogP contribution >= 0.6 is 0 Å². The lowest BCUT2D eigenvalue weighted by molar-refractivity contribution is -0.137. The highest BCUT2D eigenvalue weighted by molar-refractivity contribution is 5.99. The number of aromatic nitrogens is 1. The van der Waals surface area contributed by atoms with Crippen molar-refractivity contribution in [3.05, 3.63) is 71.7 Å². The van der Waals surface area contributed by atoms with Crippen LogP contribution in [0.2, 0.25) is 0 Å². The normalized spacial score (nSPS) is 12.8. The number of nitrogens with zero attached hydrogens (tertiary/aromatic N) is 1. The van der Waals surface area contributed by atoms with Crippen molar-refractivity contribution in [3.8, 4) is 11.5 Å². The molecule has 0 saturated carbocycles. The summed E-state index contributed by atoms with van der Waals surface area (Å²) >= 11 is 0. The molecule has 33 heavy (non-hydrogen) atoms. The van der Waals surface area contributed by atoms with E-state index in [0.717, 1.165) is 24.3 Å². The van der Waals surface area contributed by atoms with Crippen molar-refractivity contribution >= 4 is 29.3 Å². The summed E-state index contributed by atoms with van der Waals surface area (Å²) in [6, 6.07) is 7.96. The zero-order valence-corrected chi connectivity index (χ0v) is 16.6. The number of nitrogens with one attached hydrogen (secondary N) is 4. The van der Waals surface area contributed by atoms with E-state index in [2.05, 4.69) is 26.3 Å². The number of alkyl halides is 3. The average molecular weight is 461 g/mol. The minimum absolute atomic E-state index is 0.0509. The summed E-state index contributed by atoms with van der Waals surface area (Å²) in [6.45, 7) is 0.140. The van der Waals surface area contributed by atoms with E-state index in [9.17, 15) is 27.2 Å². The van der Waals surface area contributed by atoms with Gasteiger partial charge in [0.1, 0.15) is 11.6 Å². The smallest absolute Gasteiger partial charge is 0.416 e. The Labute approximate surface area is 184 Å². The summed E-state index contributed by atoms with van der Waals surface area (Å²) in [4.78, 5) is 27.5. The maximum atomic E-state index is 14.6. The molecular formula is C21H15F4N5O3. The van der Waals surface area contributed by atoms with Gasteiger partial charge in [-0.15, -0.1) is 0 Å². The standard InChI is InChI=1S/C21H15F4N5O3/c22-15-9-13(29-20(32)28-12-3-1-2-11(8-12)21(23,24)25)4-5-17(15)33-16-6-7-26-18-14(16)10-27-19(31)30-18/h1-9H,10H2,(H2,28,29,32)(H2,26,27,30,31). The van der Waals surface area contributed by atoms with Crippen LogP contribution in [0.15, 0.2) is 54.7 Å². The number of fused-ring (bicyclic) bond motifs is 1. The van der Waals surface area contributed by atoms with E-state index < -0.39 is 29.6 Å². The molecule has 0 fully saturated rings. The van der Waals surface area contributed by atoms with Crippen molar-refractivity contribution in [2.24, 2.45) is 0 Å². The molecule has 170 valence electrons. The maximum absolute atomic E-state index is 14.6. The van der Waals surface area contributed by atoms with Gasteiger partial charge in [-0.2, -0.15) is 13.2 Å². The van der Waals surface area contributed by atoms with Crippen molar-refractivity contribution in [1.29, 1.82) is 0 Å². The fourth-order valence-electron chi connectivity index (χ4n) is 3.02. The first-order valence-electron chi connectivity index (χ1n) is 9.44. The molecule has 0 radical (unpaired) electrons. The van der Waals surface area contributed by atoms with Crippen molar-refractivity contribution in [3.63, 3.8) is 0 Å². The number of benzene rings is 2. The van der Waals surface area contributed by atoms with Gasteiger partial charge in [0.05, 0.1) is 17.7 Å². The number of carbonyl (C=O) groups excluding carboxylic acids is 2. The zero-order chi connectivity index (χ0) is 23.6. The number of halogens is 4. The third kappa shape index (κ3) is 5.11. The van der Waals surface area contributed by atoms with E-state index >= 15 is 0 Å². The first-order valence-corrected chi connectivity index (χ1v) is 9.44. The summed E-state index contributed by atoms with van der Waals surface area (Å²) in [5.74, 6) is -0.384. The second-order valence-electron chi connectivity index (χ2n) is 6.85. The SMILES string of the molecule is O=C(Nc1cccc(C(F)(F)F)c1)Nc1ccc(Oc2ccnc3c2CNC(=O)N3)c(F)c1. The molecule has 0 atom stereocenters. The Balaban J connectivity index is 1.44. The largest absolute Gasteiger partial charge is 0.454 e. The third-order valence-electron chi connectivity index (χ3n) is 4.53. The second-order valence-corrected chi connectivity index (χ2v) is 6.85. The zero-order valence-electron chi connectivity index (χ0n) is 16.6. The van der Waals surface area contributed by atoms with Crippen LogP contribution in [0.3, 0.4) is 0 Å². The molecule has 8 nitrogen and oxygen atoms in total. The van der Waals surface area contributed by atoms with Crippen LogP contribution < -0.4 is 26.0 Å². The van der Waals surface area contributed by atoms with Gasteiger partial charge in [-0.3, -0.25) is 5.32 Å². The molecule has 0 bridgehead atoms. The lowest BCUT2D eigenvalue weighted by atomic mass is 10.2. The first kappa shape index (κ1) is 21.9. The number of pyridine rings is 1. The molecular weight excluding hydrogens is 446 g/mol. The van der Waals surface area contributed by atoms with Crippen molar-refractivity contribution in [1.82, 2.24) is 10.3 Å². The lowest BCUT2D eigenvalue weighted by Gasteiger charge is -2.20. The molecule has 1 aromatic heterocycles. The minimum atomic E-state index is -4.55. The van der Waals surface area contributed by atoms with Gasteiger partial charge in [0.25, 0.3) is 0 Å². The number of ether oxygens (including phenoxy) is 1. The quantitative estimate of drug-likeness (QED) is 0.395. The van der Waals surface area contributed by atoms with E-state index in [1.54, 1.807) is 0 Å². The molecule has 4 amide bonds. The van der Waals surface area contributed by atoms with Gasteiger partial charge in [-0.1, -0.05) is 6.07 Å². The molecule has 4 rings (SSSR count). The lowest BCUT2D eigenvalue weighted by Crippen LogP contribution is -2.34. The summed E-state index contributed by atoms with van der Waals surface area (Å²) < 4.78 is 58.6. The van der Waals surface area contributed by atoms with Gasteiger partial charge in [0.15, 0.2) is 11.6 Å². The molecule has 3 aromatic rings. The summed E-state index contributed by atoms with van der Waals surface area (Å²) in [6.07, 6.45) is -3.16. The predicted octanol–water partition coefficient (Wildman–Crippen LogP) is 5.31. The summed E-state index contributed by atoms with van der Waals surface area (Å²) in [5.41, 5.74) is -0.416. The van der Waals surface area contributed by atoms with Crippen LogP contribution in [-0.2, 0) is 12.7 Å². The average Bonchev–Trinajstić information content (AvgIpc) is 2.75. The summed E-state index contributed by atoms with van der Waals surface area (Å²) in [7, 11) is 0. The molecule has 1 aliphatic rings. The molecule has 0 saturated heterocycles. The molecule has 0 spiro atoms. The topological polar surface area (TPSA) is 104 Å². The molecule has 2 aromatic carbocycles. The maximum Gasteiger partial charge on any atom is 0.416 e. The predicted molar refractivity (Wildman–Crippen MR) is 111 cm³/mol. The molecule has 12 heteroatoms. The van der Waals surface area contributed by atoms with Crippen LogP contribution in [0.1, 0.15) is 11.1 Å². The Hall–Kier alpha value is -4.35. The first-order chi connectivity index (χ1) is 15.7. The van der Waals surface area contributed by atoms with E-state index in [0.29, 0.717) is 11.4 Å². The highest BCUT2D eigenvalue weighted by atomic mass is 19.4. The Bertz CT molecular complexity index is 1230. The van der Waals surface area contributed by atoms with Gasteiger partial charge < -0.3 is 20.7 Å². The molecule has 0 aliphatic carbocycles. The van der Waals surface area contributed by atoms with Crippen LogP contribution in [0.25, 0.3) is 0 Å². The fraction of sp³-hybridized carbons (Fsp3) is 0.0952. The van der Waals surface area contributed by atoms with Gasteiger partial charge >= 0.3 is 18.2 Å². The summed E-state index contributed by atoms with van der Waals surface area (Å²) in [5, 5.41) is 9.68. The van der Waals surface area contributed by atoms with E-state index in [4.69, 9.17) is 4.74 Å². The number of carbonyl (C=O) groups is 2. The highest BCUT2D eigenvalue weighted by Crippen LogP contribution is 2.33. The number of hydrogen-bond donors (Lipinski definition) is 4. The highest BCUT2D eigenvalue weighted by Gasteiger charge is 2.30. The number of hydrogen-bond acceptors (Lipinski definition) is 4. The molecule has 4 N–H and O–H groups in total. The van der Waals surface area contributed by atoms with Gasteiger partial charge in [-0.25, -0.2) is 19.0 Å². The Morgan fingerprint density at radius 2 is 1.79 bits per heavy atom. The number of amides is 4. The van der Waals surface area contributed by atoms with Crippen molar-refractivity contribution in [2.45, 2.75) is 12.7 Å². The van der Waals surface area contributed by atoms with E-state index in [1.807, 2.05) is 0 Å². The minimum Gasteiger partial charge on any atom is -0.454 e. The number of urea groups is 2. The van der Waals surface area contributed by atoms with Gasteiger partial charge in [0, 0.05) is 23.6 Å². The third-order valence-corrected chi connectivity index (χ3v) is 4.53. The fourth-order valence-corrected chi connectivity index (χ4v) is 3.02. The van der Waals surface area contributed by atoms with Gasteiger partial charge in [-0.05, 0) is 36.4 Å².